The summed E-state index contributed by atoms with van der Waals surface area (Å²) in [6.07, 6.45) is 3.68. The minimum atomic E-state index is -1.37. The highest BCUT2D eigenvalue weighted by atomic mass is 32.2. The maximum absolute atomic E-state index is 15.5. The second-order valence-electron chi connectivity index (χ2n) is 9.27. The molecule has 1 saturated carbocycles. The van der Waals surface area contributed by atoms with E-state index in [1.807, 2.05) is 30.3 Å². The molecule has 3 aromatic rings. The van der Waals surface area contributed by atoms with Crippen LogP contribution in [0.15, 0.2) is 65.6 Å². The van der Waals surface area contributed by atoms with Crippen LogP contribution in [0.25, 0.3) is 11.1 Å². The molecule has 1 unspecified atom stereocenters. The summed E-state index contributed by atoms with van der Waals surface area (Å²) in [5.74, 6) is -2.66. The lowest BCUT2D eigenvalue weighted by Gasteiger charge is -2.28. The van der Waals surface area contributed by atoms with Crippen LogP contribution in [0.1, 0.15) is 29.6 Å². The van der Waals surface area contributed by atoms with Gasteiger partial charge in [-0.2, -0.15) is 0 Å². The predicted molar refractivity (Wildman–Crippen MR) is 125 cm³/mol. The van der Waals surface area contributed by atoms with E-state index in [-0.39, 0.29) is 5.56 Å². The largest absolute Gasteiger partial charge is 0.478 e. The molecule has 3 aromatic carbocycles. The second kappa shape index (κ2) is 7.57. The third-order valence-corrected chi connectivity index (χ3v) is 8.23. The van der Waals surface area contributed by atoms with E-state index < -0.39 is 23.2 Å². The first-order chi connectivity index (χ1) is 15.9. The normalized spacial score (nSPS) is 20.9. The average Bonchev–Trinajstić information content (AvgIpc) is 3.50. The molecule has 2 heterocycles. The van der Waals surface area contributed by atoms with Gasteiger partial charge in [0.15, 0.2) is 0 Å². The molecule has 1 saturated heterocycles. The summed E-state index contributed by atoms with van der Waals surface area (Å²) in [5.41, 5.74) is 2.40. The van der Waals surface area contributed by atoms with Crippen LogP contribution < -0.4 is 4.90 Å². The number of aromatic carboxylic acids is 1. The van der Waals surface area contributed by atoms with E-state index in [1.165, 1.54) is 31.0 Å². The van der Waals surface area contributed by atoms with Crippen LogP contribution in [-0.4, -0.2) is 34.5 Å². The number of para-hydroxylation sites is 1. The first-order valence-corrected chi connectivity index (χ1v) is 11.8. The van der Waals surface area contributed by atoms with E-state index in [1.54, 1.807) is 18.0 Å². The molecule has 2 fully saturated rings. The quantitative estimate of drug-likeness (QED) is 0.458. The number of carboxylic acids is 1. The molecule has 0 amide bonds. The summed E-state index contributed by atoms with van der Waals surface area (Å²) in [7, 11) is 0. The monoisotopic (exact) mass is 464 g/mol. The molecule has 1 N–H and O–H groups in total. The molecule has 7 heteroatoms. The molecule has 6 rings (SSSR count). The summed E-state index contributed by atoms with van der Waals surface area (Å²) in [6.45, 7) is 1.81. The van der Waals surface area contributed by atoms with Crippen molar-refractivity contribution < 1.29 is 18.7 Å². The zero-order valence-corrected chi connectivity index (χ0v) is 18.6. The topological polar surface area (TPSA) is 43.8 Å². The van der Waals surface area contributed by atoms with Gasteiger partial charge in [0.2, 0.25) is 0 Å². The summed E-state index contributed by atoms with van der Waals surface area (Å²) in [4.78, 5) is 14.5. The molecule has 0 bridgehead atoms. The number of anilines is 2. The summed E-state index contributed by atoms with van der Waals surface area (Å²) in [5, 5.41) is 9.30. The maximum atomic E-state index is 15.5. The van der Waals surface area contributed by atoms with Crippen molar-refractivity contribution >= 4 is 29.3 Å². The SMILES string of the molecule is O=C(O)c1cc(-c2cc3c(cc2F)N(c2ccccc2)CC2CC4(CC4)CN2S3)ccc1F. The van der Waals surface area contributed by atoms with Crippen molar-refractivity contribution in [1.29, 1.82) is 0 Å². The zero-order valence-electron chi connectivity index (χ0n) is 17.8. The van der Waals surface area contributed by atoms with Crippen molar-refractivity contribution in [3.8, 4) is 11.1 Å². The molecule has 0 radical (unpaired) electrons. The molecule has 33 heavy (non-hydrogen) atoms. The van der Waals surface area contributed by atoms with Gasteiger partial charge in [0, 0.05) is 35.3 Å². The Morgan fingerprint density at radius 1 is 1.03 bits per heavy atom. The van der Waals surface area contributed by atoms with Crippen molar-refractivity contribution in [3.05, 3.63) is 77.9 Å². The first kappa shape index (κ1) is 20.7. The van der Waals surface area contributed by atoms with Gasteiger partial charge in [-0.15, -0.1) is 0 Å². The number of carbonyl (C=O) groups is 1. The predicted octanol–water partition coefficient (Wildman–Crippen LogP) is 6.34. The van der Waals surface area contributed by atoms with E-state index in [0.717, 1.165) is 41.8 Å². The van der Waals surface area contributed by atoms with Gasteiger partial charge < -0.3 is 10.0 Å². The Morgan fingerprint density at radius 2 is 1.82 bits per heavy atom. The van der Waals surface area contributed by atoms with Gasteiger partial charge in [-0.3, -0.25) is 0 Å². The molecule has 1 spiro atoms. The minimum absolute atomic E-state index is 0.274. The number of hydrogen-bond acceptors (Lipinski definition) is 4. The second-order valence-corrected chi connectivity index (χ2v) is 10.4. The summed E-state index contributed by atoms with van der Waals surface area (Å²) >= 11 is 1.65. The van der Waals surface area contributed by atoms with Gasteiger partial charge >= 0.3 is 5.97 Å². The van der Waals surface area contributed by atoms with Gasteiger partial charge in [0.05, 0.1) is 11.3 Å². The summed E-state index contributed by atoms with van der Waals surface area (Å²) < 4.78 is 31.8. The van der Waals surface area contributed by atoms with Gasteiger partial charge in [-0.25, -0.2) is 17.9 Å². The average molecular weight is 465 g/mol. The van der Waals surface area contributed by atoms with Crippen molar-refractivity contribution in [2.45, 2.75) is 30.2 Å². The Labute approximate surface area is 195 Å². The lowest BCUT2D eigenvalue weighted by atomic mass is 10.0. The Morgan fingerprint density at radius 3 is 2.55 bits per heavy atom. The molecule has 3 aliphatic rings. The Hall–Kier alpha value is -2.90. The Bertz CT molecular complexity index is 1260. The Balaban J connectivity index is 1.48. The fourth-order valence-electron chi connectivity index (χ4n) is 5.12. The van der Waals surface area contributed by atoms with Gasteiger partial charge in [-0.05, 0) is 78.6 Å². The van der Waals surface area contributed by atoms with Crippen LogP contribution in [0.3, 0.4) is 0 Å². The third kappa shape index (κ3) is 3.60. The maximum Gasteiger partial charge on any atom is 0.338 e. The molecule has 168 valence electrons. The minimum Gasteiger partial charge on any atom is -0.478 e. The van der Waals surface area contributed by atoms with Crippen LogP contribution in [0.4, 0.5) is 20.2 Å². The lowest BCUT2D eigenvalue weighted by Crippen LogP contribution is -2.32. The van der Waals surface area contributed by atoms with E-state index in [0.29, 0.717) is 17.0 Å². The van der Waals surface area contributed by atoms with Crippen molar-refractivity contribution in [2.75, 3.05) is 18.0 Å². The van der Waals surface area contributed by atoms with E-state index in [2.05, 4.69) is 9.21 Å². The highest BCUT2D eigenvalue weighted by molar-refractivity contribution is 7.97. The van der Waals surface area contributed by atoms with Crippen molar-refractivity contribution in [3.63, 3.8) is 0 Å². The van der Waals surface area contributed by atoms with Crippen LogP contribution in [-0.2, 0) is 0 Å². The van der Waals surface area contributed by atoms with E-state index in [4.69, 9.17) is 0 Å². The molecule has 1 atom stereocenters. The molecule has 1 aliphatic carbocycles. The Kier molecular flexibility index (Phi) is 4.74. The molecular formula is C26H22F2N2O2S. The van der Waals surface area contributed by atoms with Crippen LogP contribution in [0.2, 0.25) is 0 Å². The van der Waals surface area contributed by atoms with Gasteiger partial charge in [0.1, 0.15) is 11.6 Å². The molecule has 0 aromatic heterocycles. The number of nitrogens with zero attached hydrogens (tertiary/aromatic N) is 2. The van der Waals surface area contributed by atoms with Crippen LogP contribution in [0, 0.1) is 17.0 Å². The highest BCUT2D eigenvalue weighted by Crippen LogP contribution is 2.58. The van der Waals surface area contributed by atoms with Crippen LogP contribution >= 0.6 is 11.9 Å². The number of hydrogen-bond donors (Lipinski definition) is 1. The highest BCUT2D eigenvalue weighted by Gasteiger charge is 2.53. The lowest BCUT2D eigenvalue weighted by molar-refractivity contribution is 0.0692. The van der Waals surface area contributed by atoms with Crippen LogP contribution in [0.5, 0.6) is 0 Å². The summed E-state index contributed by atoms with van der Waals surface area (Å²) in [6, 6.07) is 17.4. The standard InChI is InChI=1S/C26H22F2N2O2S/c27-21-7-6-16(10-20(21)25(31)32)19-11-24-23(12-22(19)28)29(17-4-2-1-3-5-17)14-18-13-26(8-9-26)15-30(18)33-24/h1-7,10-12,18H,8-9,13-15H2,(H,31,32). The molecular weight excluding hydrogens is 442 g/mol. The van der Waals surface area contributed by atoms with E-state index in [9.17, 15) is 14.3 Å². The van der Waals surface area contributed by atoms with Gasteiger partial charge in [-0.1, -0.05) is 24.3 Å². The number of carboxylic acid groups (broad SMARTS) is 1. The van der Waals surface area contributed by atoms with E-state index >= 15 is 4.39 Å². The molecule has 4 nitrogen and oxygen atoms in total. The fraction of sp³-hybridized carbons (Fsp3) is 0.269. The molecule has 2 aliphatic heterocycles. The zero-order chi connectivity index (χ0) is 22.7. The first-order valence-electron chi connectivity index (χ1n) is 11.1. The number of rotatable bonds is 3. The number of benzene rings is 3. The number of halogens is 2. The fourth-order valence-corrected chi connectivity index (χ4v) is 6.43. The third-order valence-electron chi connectivity index (χ3n) is 7.05. The van der Waals surface area contributed by atoms with Crippen molar-refractivity contribution in [2.24, 2.45) is 5.41 Å². The van der Waals surface area contributed by atoms with Crippen molar-refractivity contribution in [1.82, 2.24) is 4.31 Å². The van der Waals surface area contributed by atoms with Gasteiger partial charge in [0.25, 0.3) is 0 Å². The number of fused-ring (bicyclic) bond motifs is 2. The smallest absolute Gasteiger partial charge is 0.338 e.